The second-order valence-corrected chi connectivity index (χ2v) is 5.94. The lowest BCUT2D eigenvalue weighted by Crippen LogP contribution is -2.27. The van der Waals surface area contributed by atoms with E-state index in [0.717, 1.165) is 6.07 Å². The topological polar surface area (TPSA) is 75.7 Å². The molecule has 112 valence electrons. The molecule has 0 fully saturated rings. The summed E-state index contributed by atoms with van der Waals surface area (Å²) in [4.78, 5) is 12.4. The standard InChI is InChI=1S/C12H17FN2O4S/c1-4-14-20(17,18)9-5-6-11(10(13)7-9)19-8-12(16)15(2)3/h5-7,14H,4,8H2,1-3H3. The lowest BCUT2D eigenvalue weighted by atomic mass is 10.3. The molecule has 0 saturated heterocycles. The fourth-order valence-electron chi connectivity index (χ4n) is 1.31. The second-order valence-electron chi connectivity index (χ2n) is 4.17. The molecule has 1 amide bonds. The average molecular weight is 304 g/mol. The van der Waals surface area contributed by atoms with E-state index in [-0.39, 0.29) is 29.7 Å². The first-order valence-electron chi connectivity index (χ1n) is 5.90. The van der Waals surface area contributed by atoms with E-state index in [1.54, 1.807) is 21.0 Å². The number of ether oxygens (including phenoxy) is 1. The fourth-order valence-corrected chi connectivity index (χ4v) is 2.36. The van der Waals surface area contributed by atoms with Crippen molar-refractivity contribution in [1.29, 1.82) is 0 Å². The molecule has 20 heavy (non-hydrogen) atoms. The van der Waals surface area contributed by atoms with Crippen LogP contribution in [0.2, 0.25) is 0 Å². The molecule has 0 atom stereocenters. The van der Waals surface area contributed by atoms with Crippen molar-refractivity contribution in [1.82, 2.24) is 9.62 Å². The zero-order valence-corrected chi connectivity index (χ0v) is 12.3. The molecule has 0 saturated carbocycles. The maximum atomic E-state index is 13.7. The Morgan fingerprint density at radius 1 is 1.40 bits per heavy atom. The number of hydrogen-bond acceptors (Lipinski definition) is 4. The van der Waals surface area contributed by atoms with Crippen molar-refractivity contribution in [2.24, 2.45) is 0 Å². The zero-order valence-electron chi connectivity index (χ0n) is 11.5. The molecule has 6 nitrogen and oxygen atoms in total. The predicted molar refractivity (Wildman–Crippen MR) is 71.5 cm³/mol. The Kier molecular flexibility index (Phi) is 5.46. The average Bonchev–Trinajstić information content (AvgIpc) is 2.36. The zero-order chi connectivity index (χ0) is 15.3. The fraction of sp³-hybridized carbons (Fsp3) is 0.417. The molecule has 0 unspecified atom stereocenters. The molecule has 1 N–H and O–H groups in total. The Morgan fingerprint density at radius 2 is 2.05 bits per heavy atom. The number of carbonyl (C=O) groups is 1. The third kappa shape index (κ3) is 4.17. The van der Waals surface area contributed by atoms with Crippen molar-refractivity contribution >= 4 is 15.9 Å². The Morgan fingerprint density at radius 3 is 2.55 bits per heavy atom. The minimum atomic E-state index is -3.72. The first-order valence-corrected chi connectivity index (χ1v) is 7.38. The van der Waals surface area contributed by atoms with Crippen LogP contribution in [0.25, 0.3) is 0 Å². The van der Waals surface area contributed by atoms with Crippen LogP contribution in [0, 0.1) is 5.82 Å². The Labute approximate surface area is 117 Å². The molecule has 8 heteroatoms. The van der Waals surface area contributed by atoms with Gasteiger partial charge in [0.15, 0.2) is 18.2 Å². The summed E-state index contributed by atoms with van der Waals surface area (Å²) in [6.45, 7) is 1.51. The lowest BCUT2D eigenvalue weighted by molar-refractivity contribution is -0.130. The molecule has 0 heterocycles. The van der Waals surface area contributed by atoms with Gasteiger partial charge in [-0.25, -0.2) is 17.5 Å². The van der Waals surface area contributed by atoms with Crippen molar-refractivity contribution in [3.05, 3.63) is 24.0 Å². The maximum absolute atomic E-state index is 13.7. The molecule has 0 aliphatic heterocycles. The summed E-state index contributed by atoms with van der Waals surface area (Å²) in [5, 5.41) is 0. The molecule has 0 radical (unpaired) electrons. The normalized spacial score (nSPS) is 11.2. The van der Waals surface area contributed by atoms with Gasteiger partial charge in [0, 0.05) is 20.6 Å². The summed E-state index contributed by atoms with van der Waals surface area (Å²) in [7, 11) is -0.616. The van der Waals surface area contributed by atoms with Crippen LogP contribution >= 0.6 is 0 Å². The molecular formula is C12H17FN2O4S. The van der Waals surface area contributed by atoms with E-state index in [1.807, 2.05) is 0 Å². The number of likely N-dealkylation sites (N-methyl/N-ethyl adjacent to an activating group) is 1. The highest BCUT2D eigenvalue weighted by atomic mass is 32.2. The first-order chi connectivity index (χ1) is 9.27. The Balaban J connectivity index is 2.87. The van der Waals surface area contributed by atoms with Crippen molar-refractivity contribution in [2.75, 3.05) is 27.2 Å². The molecule has 1 aromatic rings. The Hall–Kier alpha value is -1.67. The van der Waals surface area contributed by atoms with E-state index in [9.17, 15) is 17.6 Å². The van der Waals surface area contributed by atoms with Crippen LogP contribution in [0.4, 0.5) is 4.39 Å². The minimum Gasteiger partial charge on any atom is -0.481 e. The van der Waals surface area contributed by atoms with Crippen molar-refractivity contribution in [2.45, 2.75) is 11.8 Å². The number of hydrogen-bond donors (Lipinski definition) is 1. The molecule has 0 aliphatic rings. The summed E-state index contributed by atoms with van der Waals surface area (Å²) in [6.07, 6.45) is 0. The van der Waals surface area contributed by atoms with Crippen LogP contribution < -0.4 is 9.46 Å². The molecule has 0 aromatic heterocycles. The summed E-state index contributed by atoms with van der Waals surface area (Å²) in [5.41, 5.74) is 0. The molecule has 0 bridgehead atoms. The van der Waals surface area contributed by atoms with Gasteiger partial charge in [-0.3, -0.25) is 4.79 Å². The van der Waals surface area contributed by atoms with Gasteiger partial charge in [-0.05, 0) is 18.2 Å². The number of carbonyl (C=O) groups excluding carboxylic acids is 1. The van der Waals surface area contributed by atoms with Gasteiger partial charge in [-0.2, -0.15) is 0 Å². The van der Waals surface area contributed by atoms with Crippen LogP contribution in [0.15, 0.2) is 23.1 Å². The predicted octanol–water partition coefficient (Wildman–Crippen LogP) is 0.591. The molecule has 1 rings (SSSR count). The van der Waals surface area contributed by atoms with E-state index < -0.39 is 15.8 Å². The van der Waals surface area contributed by atoms with Crippen LogP contribution in [-0.4, -0.2) is 46.5 Å². The highest BCUT2D eigenvalue weighted by Crippen LogP contribution is 2.21. The smallest absolute Gasteiger partial charge is 0.259 e. The van der Waals surface area contributed by atoms with Gasteiger partial charge in [-0.15, -0.1) is 0 Å². The quantitative estimate of drug-likeness (QED) is 0.834. The van der Waals surface area contributed by atoms with Gasteiger partial charge >= 0.3 is 0 Å². The van der Waals surface area contributed by atoms with Crippen molar-refractivity contribution in [3.63, 3.8) is 0 Å². The maximum Gasteiger partial charge on any atom is 0.259 e. The molecular weight excluding hydrogens is 287 g/mol. The van der Waals surface area contributed by atoms with Gasteiger partial charge in [0.25, 0.3) is 5.91 Å². The summed E-state index contributed by atoms with van der Waals surface area (Å²) in [5.74, 6) is -1.33. The van der Waals surface area contributed by atoms with E-state index >= 15 is 0 Å². The number of rotatable bonds is 6. The molecule has 0 aliphatic carbocycles. The summed E-state index contributed by atoms with van der Waals surface area (Å²) < 4.78 is 44.3. The highest BCUT2D eigenvalue weighted by Gasteiger charge is 2.16. The van der Waals surface area contributed by atoms with Crippen molar-refractivity contribution in [3.8, 4) is 5.75 Å². The van der Waals surface area contributed by atoms with E-state index in [4.69, 9.17) is 4.74 Å². The Bertz CT molecular complexity index is 587. The number of benzene rings is 1. The molecule has 1 aromatic carbocycles. The van der Waals surface area contributed by atoms with Gasteiger partial charge in [0.2, 0.25) is 10.0 Å². The summed E-state index contributed by atoms with van der Waals surface area (Å²) in [6, 6.07) is 3.26. The number of nitrogens with one attached hydrogen (secondary N) is 1. The van der Waals surface area contributed by atoms with Crippen LogP contribution in [-0.2, 0) is 14.8 Å². The van der Waals surface area contributed by atoms with Crippen LogP contribution in [0.5, 0.6) is 5.75 Å². The van der Waals surface area contributed by atoms with Gasteiger partial charge < -0.3 is 9.64 Å². The van der Waals surface area contributed by atoms with Gasteiger partial charge in [-0.1, -0.05) is 6.92 Å². The second kappa shape index (κ2) is 6.67. The SMILES string of the molecule is CCNS(=O)(=O)c1ccc(OCC(=O)N(C)C)c(F)c1. The third-order valence-electron chi connectivity index (χ3n) is 2.40. The number of amides is 1. The number of nitrogens with zero attached hydrogens (tertiary/aromatic N) is 1. The number of sulfonamides is 1. The van der Waals surface area contributed by atoms with Gasteiger partial charge in [0.1, 0.15) is 0 Å². The minimum absolute atomic E-state index is 0.171. The third-order valence-corrected chi connectivity index (χ3v) is 3.94. The van der Waals surface area contributed by atoms with E-state index in [2.05, 4.69) is 4.72 Å². The monoisotopic (exact) mass is 304 g/mol. The van der Waals surface area contributed by atoms with E-state index in [1.165, 1.54) is 17.0 Å². The van der Waals surface area contributed by atoms with Crippen molar-refractivity contribution < 1.29 is 22.3 Å². The van der Waals surface area contributed by atoms with Gasteiger partial charge in [0.05, 0.1) is 4.90 Å². The first kappa shape index (κ1) is 16.4. The van der Waals surface area contributed by atoms with Crippen LogP contribution in [0.3, 0.4) is 0 Å². The van der Waals surface area contributed by atoms with Crippen LogP contribution in [0.1, 0.15) is 6.92 Å². The molecule has 0 spiro atoms. The number of halogens is 1. The largest absolute Gasteiger partial charge is 0.481 e. The summed E-state index contributed by atoms with van der Waals surface area (Å²) >= 11 is 0. The van der Waals surface area contributed by atoms with E-state index in [0.29, 0.717) is 0 Å². The highest BCUT2D eigenvalue weighted by molar-refractivity contribution is 7.89. The lowest BCUT2D eigenvalue weighted by Gasteiger charge is -2.12.